The van der Waals surface area contributed by atoms with Crippen molar-refractivity contribution < 1.29 is 4.79 Å². The van der Waals surface area contributed by atoms with E-state index < -0.39 is 5.56 Å². The second-order valence-corrected chi connectivity index (χ2v) is 9.35. The third kappa shape index (κ3) is 3.92. The zero-order valence-electron chi connectivity index (χ0n) is 18.1. The Hall–Kier alpha value is -3.21. The summed E-state index contributed by atoms with van der Waals surface area (Å²) in [7, 11) is 0. The molecule has 2 aromatic heterocycles. The van der Waals surface area contributed by atoms with Crippen LogP contribution in [0.2, 0.25) is 0 Å². The first kappa shape index (κ1) is 21.0. The molecule has 3 aliphatic rings. The Morgan fingerprint density at radius 3 is 2.71 bits per heavy atom. The van der Waals surface area contributed by atoms with Crippen LogP contribution in [0.15, 0.2) is 35.5 Å². The fourth-order valence-electron chi connectivity index (χ4n) is 5.25. The monoisotopic (exact) mass is 420 g/mol. The fourth-order valence-corrected chi connectivity index (χ4v) is 5.25. The Morgan fingerprint density at radius 1 is 1.32 bits per heavy atom. The lowest BCUT2D eigenvalue weighted by Crippen LogP contribution is -2.58. The van der Waals surface area contributed by atoms with Gasteiger partial charge in [0.1, 0.15) is 18.2 Å². The molecular formula is C23H28N6O2. The van der Waals surface area contributed by atoms with E-state index in [9.17, 15) is 14.9 Å². The van der Waals surface area contributed by atoms with Crippen LogP contribution in [0.1, 0.15) is 44.7 Å². The van der Waals surface area contributed by atoms with Crippen molar-refractivity contribution in [3.8, 4) is 6.07 Å². The van der Waals surface area contributed by atoms with E-state index in [0.717, 1.165) is 16.7 Å². The van der Waals surface area contributed by atoms with Gasteiger partial charge < -0.3 is 10.6 Å². The zero-order chi connectivity index (χ0) is 22.2. The summed E-state index contributed by atoms with van der Waals surface area (Å²) in [6.07, 6.45) is 7.07. The van der Waals surface area contributed by atoms with Crippen LogP contribution in [0.25, 0.3) is 0 Å². The lowest BCUT2D eigenvalue weighted by Gasteiger charge is -2.62. The molecule has 0 unspecified atom stereocenters. The number of aromatic nitrogens is 3. The molecule has 2 heterocycles. The molecular weight excluding hydrogens is 392 g/mol. The average Bonchev–Trinajstić information content (AvgIpc) is 2.76. The highest BCUT2D eigenvalue weighted by Crippen LogP contribution is 2.61. The van der Waals surface area contributed by atoms with Crippen LogP contribution in [-0.2, 0) is 17.9 Å². The summed E-state index contributed by atoms with van der Waals surface area (Å²) in [5.41, 5.74) is 1.17. The lowest BCUT2D eigenvalue weighted by molar-refractivity contribution is -0.122. The predicted octanol–water partition coefficient (Wildman–Crippen LogP) is 2.31. The predicted molar refractivity (Wildman–Crippen MR) is 116 cm³/mol. The number of fused-ring (bicyclic) bond motifs is 2. The normalized spacial score (nSPS) is 25.7. The molecule has 31 heavy (non-hydrogen) atoms. The number of hydrogen-bond acceptors (Lipinski definition) is 6. The fraction of sp³-hybridized carbons (Fsp3) is 0.522. The Labute approximate surface area is 181 Å². The number of pyridine rings is 1. The highest BCUT2D eigenvalue weighted by atomic mass is 16.2. The zero-order valence-corrected chi connectivity index (χ0v) is 18.1. The molecule has 2 N–H and O–H groups in total. The number of carbonyl (C=O) groups is 1. The number of carbonyl (C=O) groups excluding carboxylic acids is 1. The van der Waals surface area contributed by atoms with Gasteiger partial charge in [-0.25, -0.2) is 4.68 Å². The molecule has 1 amide bonds. The number of nitrogens with one attached hydrogen (secondary N) is 2. The maximum Gasteiger partial charge on any atom is 0.287 e. The first-order valence-electron chi connectivity index (χ1n) is 10.7. The van der Waals surface area contributed by atoms with Gasteiger partial charge in [-0.2, -0.15) is 10.4 Å². The van der Waals surface area contributed by atoms with Crippen LogP contribution >= 0.6 is 0 Å². The lowest BCUT2D eigenvalue weighted by atomic mass is 9.45. The molecule has 0 radical (unpaired) electrons. The number of nitriles is 1. The Bertz CT molecular complexity index is 1070. The van der Waals surface area contributed by atoms with Gasteiger partial charge in [-0.15, -0.1) is 0 Å². The van der Waals surface area contributed by atoms with Gasteiger partial charge in [-0.3, -0.25) is 14.6 Å². The molecule has 0 spiro atoms. The van der Waals surface area contributed by atoms with Crippen LogP contribution < -0.4 is 16.2 Å². The minimum atomic E-state index is -0.555. The summed E-state index contributed by atoms with van der Waals surface area (Å²) in [4.78, 5) is 29.0. The number of amides is 1. The molecule has 0 aromatic carbocycles. The summed E-state index contributed by atoms with van der Waals surface area (Å²) in [5, 5.41) is 19.9. The third-order valence-electron chi connectivity index (χ3n) is 7.38. The van der Waals surface area contributed by atoms with Crippen LogP contribution in [0.3, 0.4) is 0 Å². The molecule has 2 aromatic rings. The summed E-state index contributed by atoms with van der Waals surface area (Å²) in [6.45, 7) is 7.01. The number of hydrogen-bond donors (Lipinski definition) is 2. The van der Waals surface area contributed by atoms with E-state index in [0.29, 0.717) is 35.4 Å². The summed E-state index contributed by atoms with van der Waals surface area (Å²) < 4.78 is 1.04. The van der Waals surface area contributed by atoms with Gasteiger partial charge in [0.25, 0.3) is 5.56 Å². The molecule has 0 saturated heterocycles. The van der Waals surface area contributed by atoms with Crippen molar-refractivity contribution >= 4 is 11.6 Å². The van der Waals surface area contributed by atoms with E-state index in [2.05, 4.69) is 41.5 Å². The molecule has 162 valence electrons. The molecule has 4 atom stereocenters. The number of rotatable bonds is 6. The first-order valence-corrected chi connectivity index (χ1v) is 10.7. The van der Waals surface area contributed by atoms with Crippen molar-refractivity contribution in [3.63, 3.8) is 0 Å². The number of nitrogens with zero attached hydrogens (tertiary/aromatic N) is 4. The summed E-state index contributed by atoms with van der Waals surface area (Å²) in [5.74, 6) is 1.41. The smallest absolute Gasteiger partial charge is 0.287 e. The van der Waals surface area contributed by atoms with Crippen LogP contribution in [0, 0.1) is 34.5 Å². The molecule has 3 aliphatic carbocycles. The minimum Gasteiger partial charge on any atom is -0.379 e. The van der Waals surface area contributed by atoms with Crippen molar-refractivity contribution in [3.05, 3.63) is 52.2 Å². The van der Waals surface area contributed by atoms with E-state index in [1.165, 1.54) is 12.6 Å². The van der Waals surface area contributed by atoms with E-state index in [1.807, 2.05) is 6.07 Å². The molecule has 0 aliphatic heterocycles. The van der Waals surface area contributed by atoms with Gasteiger partial charge in [0.2, 0.25) is 5.91 Å². The number of anilines is 1. The van der Waals surface area contributed by atoms with Crippen molar-refractivity contribution in [1.29, 1.82) is 5.26 Å². The maximum atomic E-state index is 12.8. The highest BCUT2D eigenvalue weighted by molar-refractivity contribution is 5.75. The molecule has 8 nitrogen and oxygen atoms in total. The molecule has 8 heteroatoms. The van der Waals surface area contributed by atoms with E-state index in [-0.39, 0.29) is 24.1 Å². The largest absolute Gasteiger partial charge is 0.379 e. The first-order chi connectivity index (χ1) is 14.8. The standard InChI is InChI=1S/C23H28N6O2/c1-14-18-8-16(23(18,2)3)9-19(14)28-20-12-27-29(22(31)17(20)10-24)13-21(30)26-11-15-4-6-25-7-5-15/h4-7,12,14,16,18-19,28H,8-9,11,13H2,1-3H3,(H,26,30)/t14-,16+,18+,19+/m0/s1. The van der Waals surface area contributed by atoms with Crippen molar-refractivity contribution in [2.75, 3.05) is 5.32 Å². The van der Waals surface area contributed by atoms with Gasteiger partial charge in [0.15, 0.2) is 0 Å². The van der Waals surface area contributed by atoms with Crippen LogP contribution in [0.4, 0.5) is 5.69 Å². The van der Waals surface area contributed by atoms with Crippen molar-refractivity contribution in [1.82, 2.24) is 20.1 Å². The van der Waals surface area contributed by atoms with E-state index in [4.69, 9.17) is 0 Å². The second kappa shape index (κ2) is 8.14. The van der Waals surface area contributed by atoms with E-state index >= 15 is 0 Å². The second-order valence-electron chi connectivity index (χ2n) is 9.35. The average molecular weight is 421 g/mol. The summed E-state index contributed by atoms with van der Waals surface area (Å²) >= 11 is 0. The van der Waals surface area contributed by atoms with Gasteiger partial charge in [-0.05, 0) is 53.7 Å². The van der Waals surface area contributed by atoms with Gasteiger partial charge in [0, 0.05) is 25.0 Å². The SMILES string of the molecule is C[C@H]1[C@H]2C[C@H](C[C@H]1Nc1cnn(CC(=O)NCc3ccncc3)c(=O)c1C#N)C2(C)C. The van der Waals surface area contributed by atoms with Crippen LogP contribution in [-0.4, -0.2) is 26.7 Å². The van der Waals surface area contributed by atoms with Crippen molar-refractivity contribution in [2.45, 2.75) is 52.7 Å². The van der Waals surface area contributed by atoms with Gasteiger partial charge in [0.05, 0.1) is 11.9 Å². The Kier molecular flexibility index (Phi) is 5.52. The summed E-state index contributed by atoms with van der Waals surface area (Å²) in [6, 6.07) is 5.82. The topological polar surface area (TPSA) is 113 Å². The highest BCUT2D eigenvalue weighted by Gasteiger charge is 2.56. The Balaban J connectivity index is 1.43. The van der Waals surface area contributed by atoms with Gasteiger partial charge in [-0.1, -0.05) is 20.8 Å². The van der Waals surface area contributed by atoms with Crippen molar-refractivity contribution in [2.24, 2.45) is 23.2 Å². The molecule has 5 rings (SSSR count). The minimum absolute atomic E-state index is 0.00245. The molecule has 3 fully saturated rings. The molecule has 2 bridgehead atoms. The maximum absolute atomic E-state index is 12.8. The van der Waals surface area contributed by atoms with Crippen LogP contribution in [0.5, 0.6) is 0 Å². The Morgan fingerprint density at radius 2 is 2.06 bits per heavy atom. The quantitative estimate of drug-likeness (QED) is 0.742. The molecule has 3 saturated carbocycles. The van der Waals surface area contributed by atoms with Gasteiger partial charge >= 0.3 is 0 Å². The van der Waals surface area contributed by atoms with E-state index in [1.54, 1.807) is 24.5 Å². The third-order valence-corrected chi connectivity index (χ3v) is 7.38.